The van der Waals surface area contributed by atoms with Gasteiger partial charge in [0, 0.05) is 24.0 Å². The standard InChI is InChI=1S/C19H20O7/c1-8-5-11(21)14-17(24,6-8)7-12(22)19-16(26-19)13-9(3-2-4-10(13)20)15(23)18(14,19)25/h2-4,8,12,14,16,20,22,24-25H,5-7H2,1H3/t8-,12+,14+,16+,17-,18-,19+/m1/s1. The molecule has 7 heteroatoms. The van der Waals surface area contributed by atoms with Gasteiger partial charge in [0.2, 0.25) is 0 Å². The van der Waals surface area contributed by atoms with Crippen molar-refractivity contribution in [3.63, 3.8) is 0 Å². The zero-order chi connectivity index (χ0) is 18.6. The molecule has 1 aromatic carbocycles. The van der Waals surface area contributed by atoms with E-state index in [0.29, 0.717) is 0 Å². The zero-order valence-electron chi connectivity index (χ0n) is 14.2. The third kappa shape index (κ3) is 1.55. The Kier molecular flexibility index (Phi) is 2.86. The largest absolute Gasteiger partial charge is 0.508 e. The second-order valence-electron chi connectivity index (χ2n) is 8.36. The number of aromatic hydroxyl groups is 1. The summed E-state index contributed by atoms with van der Waals surface area (Å²) in [6.45, 7) is 1.82. The molecule has 1 spiro atoms. The van der Waals surface area contributed by atoms with Gasteiger partial charge >= 0.3 is 0 Å². The van der Waals surface area contributed by atoms with Crippen molar-refractivity contribution >= 4 is 11.6 Å². The number of aliphatic hydroxyl groups excluding tert-OH is 1. The van der Waals surface area contributed by atoms with Gasteiger partial charge in [-0.15, -0.1) is 0 Å². The van der Waals surface area contributed by atoms with E-state index in [0.717, 1.165) is 0 Å². The predicted molar refractivity (Wildman–Crippen MR) is 86.4 cm³/mol. The average molecular weight is 360 g/mol. The molecule has 26 heavy (non-hydrogen) atoms. The molecule has 1 heterocycles. The second-order valence-corrected chi connectivity index (χ2v) is 8.36. The number of carbonyl (C=O) groups is 2. The molecule has 0 radical (unpaired) electrons. The minimum Gasteiger partial charge on any atom is -0.508 e. The van der Waals surface area contributed by atoms with Crippen molar-refractivity contribution in [1.29, 1.82) is 0 Å². The van der Waals surface area contributed by atoms with Crippen LogP contribution in [0.25, 0.3) is 0 Å². The lowest BCUT2D eigenvalue weighted by molar-refractivity contribution is -0.219. The number of carbonyl (C=O) groups excluding carboxylic acids is 2. The zero-order valence-corrected chi connectivity index (χ0v) is 14.2. The van der Waals surface area contributed by atoms with Gasteiger partial charge in [0.05, 0.1) is 17.6 Å². The fraction of sp³-hybridized carbons (Fsp3) is 0.579. The number of epoxide rings is 1. The van der Waals surface area contributed by atoms with Gasteiger partial charge in [0.15, 0.2) is 17.0 Å². The molecule has 7 atom stereocenters. The van der Waals surface area contributed by atoms with E-state index in [9.17, 15) is 30.0 Å². The molecule has 4 aliphatic rings. The van der Waals surface area contributed by atoms with E-state index in [-0.39, 0.29) is 42.1 Å². The molecular formula is C19H20O7. The maximum absolute atomic E-state index is 13.3. The van der Waals surface area contributed by atoms with Crippen molar-refractivity contribution in [3.05, 3.63) is 29.3 Å². The quantitative estimate of drug-likeness (QED) is 0.488. The van der Waals surface area contributed by atoms with Crippen LogP contribution in [0.2, 0.25) is 0 Å². The Bertz CT molecular complexity index is 865. The van der Waals surface area contributed by atoms with Gasteiger partial charge in [0.1, 0.15) is 17.6 Å². The SMILES string of the molecule is C[C@@H]1CC(=O)[C@H]2[C@@](O)(C1)C[C@H](O)[C@]13O[C@H]1c1c(O)cccc1C(=O)[C@]23O. The van der Waals surface area contributed by atoms with Crippen LogP contribution in [-0.2, 0) is 9.53 Å². The molecule has 0 bridgehead atoms. The Morgan fingerprint density at radius 1 is 1.19 bits per heavy atom. The molecule has 138 valence electrons. The van der Waals surface area contributed by atoms with E-state index in [1.54, 1.807) is 0 Å². The van der Waals surface area contributed by atoms with Gasteiger partial charge in [-0.05, 0) is 18.4 Å². The van der Waals surface area contributed by atoms with Gasteiger partial charge in [0.25, 0.3) is 0 Å². The number of benzene rings is 1. The lowest BCUT2D eigenvalue weighted by atomic mass is 9.49. The first-order chi connectivity index (χ1) is 12.2. The highest BCUT2D eigenvalue weighted by Crippen LogP contribution is 2.70. The smallest absolute Gasteiger partial charge is 0.198 e. The first kappa shape index (κ1) is 16.4. The highest BCUT2D eigenvalue weighted by molar-refractivity contribution is 6.11. The first-order valence-electron chi connectivity index (χ1n) is 8.87. The molecule has 5 rings (SSSR count). The number of aliphatic hydroxyl groups is 3. The fourth-order valence-corrected chi connectivity index (χ4v) is 5.86. The molecule has 1 aliphatic heterocycles. The summed E-state index contributed by atoms with van der Waals surface area (Å²) in [5, 5.41) is 43.7. The van der Waals surface area contributed by atoms with Crippen molar-refractivity contribution in [1.82, 2.24) is 0 Å². The van der Waals surface area contributed by atoms with Crippen LogP contribution in [0.4, 0.5) is 0 Å². The summed E-state index contributed by atoms with van der Waals surface area (Å²) in [5.41, 5.74) is -5.45. The van der Waals surface area contributed by atoms with Crippen molar-refractivity contribution in [3.8, 4) is 5.75 Å². The number of hydrogen-bond donors (Lipinski definition) is 4. The number of ether oxygens (including phenoxy) is 1. The number of Topliss-reactive ketones (excluding diaryl/α,β-unsaturated/α-hetero) is 2. The minimum atomic E-state index is -2.36. The molecule has 0 aromatic heterocycles. The highest BCUT2D eigenvalue weighted by Gasteiger charge is 2.86. The molecule has 1 aromatic rings. The third-order valence-electron chi connectivity index (χ3n) is 6.75. The predicted octanol–water partition coefficient (Wildman–Crippen LogP) is 0.241. The molecule has 7 nitrogen and oxygen atoms in total. The molecule has 4 N–H and O–H groups in total. The maximum Gasteiger partial charge on any atom is 0.198 e. The van der Waals surface area contributed by atoms with Crippen LogP contribution in [0.3, 0.4) is 0 Å². The number of rotatable bonds is 0. The van der Waals surface area contributed by atoms with E-state index in [2.05, 4.69) is 0 Å². The summed E-state index contributed by atoms with van der Waals surface area (Å²) in [6, 6.07) is 4.34. The molecule has 3 aliphatic carbocycles. The Morgan fingerprint density at radius 3 is 2.65 bits per heavy atom. The van der Waals surface area contributed by atoms with E-state index < -0.39 is 46.5 Å². The number of fused-ring (bicyclic) bond motifs is 4. The van der Waals surface area contributed by atoms with Crippen molar-refractivity contribution in [2.45, 2.75) is 55.2 Å². The third-order valence-corrected chi connectivity index (χ3v) is 6.75. The Hall–Kier alpha value is -1.80. The average Bonchev–Trinajstić information content (AvgIpc) is 3.27. The lowest BCUT2D eigenvalue weighted by Crippen LogP contribution is -2.76. The number of phenols is 1. The first-order valence-corrected chi connectivity index (χ1v) is 8.87. The Morgan fingerprint density at radius 2 is 1.92 bits per heavy atom. The number of hydrogen-bond acceptors (Lipinski definition) is 7. The van der Waals surface area contributed by atoms with E-state index in [1.807, 2.05) is 6.92 Å². The van der Waals surface area contributed by atoms with Crippen LogP contribution >= 0.6 is 0 Å². The van der Waals surface area contributed by atoms with Crippen molar-refractivity contribution in [2.75, 3.05) is 0 Å². The van der Waals surface area contributed by atoms with Gasteiger partial charge in [-0.1, -0.05) is 19.1 Å². The van der Waals surface area contributed by atoms with Gasteiger partial charge < -0.3 is 25.2 Å². The monoisotopic (exact) mass is 360 g/mol. The fourth-order valence-electron chi connectivity index (χ4n) is 5.86. The molecule has 2 saturated carbocycles. The lowest BCUT2D eigenvalue weighted by Gasteiger charge is -2.56. The summed E-state index contributed by atoms with van der Waals surface area (Å²) in [7, 11) is 0. The number of ketones is 2. The second kappa shape index (κ2) is 4.54. The normalized spacial score (nSPS) is 48.9. The summed E-state index contributed by atoms with van der Waals surface area (Å²) in [5.74, 6) is -2.81. The van der Waals surface area contributed by atoms with E-state index >= 15 is 0 Å². The van der Waals surface area contributed by atoms with Gasteiger partial charge in [-0.2, -0.15) is 0 Å². The minimum absolute atomic E-state index is 0.0634. The summed E-state index contributed by atoms with van der Waals surface area (Å²) in [6.07, 6.45) is -2.04. The van der Waals surface area contributed by atoms with Crippen LogP contribution < -0.4 is 0 Å². The van der Waals surface area contributed by atoms with E-state index in [1.165, 1.54) is 18.2 Å². The van der Waals surface area contributed by atoms with Crippen LogP contribution in [0.1, 0.15) is 48.2 Å². The van der Waals surface area contributed by atoms with Crippen LogP contribution in [-0.4, -0.2) is 54.9 Å². The van der Waals surface area contributed by atoms with Gasteiger partial charge in [-0.25, -0.2) is 0 Å². The maximum atomic E-state index is 13.3. The Labute approximate surface area is 149 Å². The van der Waals surface area contributed by atoms with Crippen LogP contribution in [0, 0.1) is 11.8 Å². The molecule has 0 amide bonds. The molecule has 0 unspecified atom stereocenters. The summed E-state index contributed by atoms with van der Waals surface area (Å²) < 4.78 is 5.69. The van der Waals surface area contributed by atoms with Crippen molar-refractivity contribution < 1.29 is 34.8 Å². The van der Waals surface area contributed by atoms with E-state index in [4.69, 9.17) is 4.74 Å². The summed E-state index contributed by atoms with van der Waals surface area (Å²) >= 11 is 0. The highest BCUT2D eigenvalue weighted by atomic mass is 16.6. The Balaban J connectivity index is 1.76. The molecule has 3 fully saturated rings. The van der Waals surface area contributed by atoms with Gasteiger partial charge in [-0.3, -0.25) is 9.59 Å². The molecular weight excluding hydrogens is 340 g/mol. The van der Waals surface area contributed by atoms with Crippen LogP contribution in [0.5, 0.6) is 5.75 Å². The topological polar surface area (TPSA) is 128 Å². The van der Waals surface area contributed by atoms with Crippen molar-refractivity contribution in [2.24, 2.45) is 11.8 Å². The summed E-state index contributed by atoms with van der Waals surface area (Å²) in [4.78, 5) is 26.1. The molecule has 1 saturated heterocycles. The van der Waals surface area contributed by atoms with Crippen LogP contribution in [0.15, 0.2) is 18.2 Å². The number of phenolic OH excluding ortho intramolecular Hbond substituents is 1.